The molecule has 0 bridgehead atoms. The van der Waals surface area contributed by atoms with Crippen LogP contribution in [0.3, 0.4) is 0 Å². The number of carboxylic acid groups (broad SMARTS) is 1. The van der Waals surface area contributed by atoms with Gasteiger partial charge in [0.1, 0.15) is 12.1 Å². The molecule has 0 aliphatic carbocycles. The van der Waals surface area contributed by atoms with Crippen molar-refractivity contribution in [1.82, 2.24) is 15.8 Å². The topological polar surface area (TPSA) is 142 Å². The smallest absolute Gasteiger partial charge is 0.326 e. The molecule has 10 nitrogen and oxygen atoms in total. The summed E-state index contributed by atoms with van der Waals surface area (Å²) < 4.78 is 4.78. The van der Waals surface area contributed by atoms with Crippen LogP contribution in [0, 0.1) is 5.92 Å². The molecule has 0 radical (unpaired) electrons. The minimum Gasteiger partial charge on any atom is -0.480 e. The summed E-state index contributed by atoms with van der Waals surface area (Å²) in [5.74, 6) is -4.72. The summed E-state index contributed by atoms with van der Waals surface area (Å²) in [7, 11) is 1.13. The van der Waals surface area contributed by atoms with Crippen molar-refractivity contribution in [2.45, 2.75) is 25.4 Å². The number of rotatable bonds is 9. The Morgan fingerprint density at radius 2 is 1.52 bits per heavy atom. The summed E-state index contributed by atoms with van der Waals surface area (Å²) in [5, 5.41) is 12.8. The van der Waals surface area contributed by atoms with Crippen LogP contribution in [0.5, 0.6) is 0 Å². The lowest BCUT2D eigenvalue weighted by molar-refractivity contribution is -0.146. The molecule has 3 amide bonds. The number of nitrogens with one attached hydrogen (secondary N) is 2. The van der Waals surface area contributed by atoms with Crippen molar-refractivity contribution in [1.29, 1.82) is 0 Å². The highest BCUT2D eigenvalue weighted by Gasteiger charge is 2.39. The summed E-state index contributed by atoms with van der Waals surface area (Å²) >= 11 is 0. The zero-order chi connectivity index (χ0) is 24.1. The maximum atomic E-state index is 12.6. The molecule has 1 heterocycles. The van der Waals surface area contributed by atoms with Crippen LogP contribution < -0.4 is 10.7 Å². The van der Waals surface area contributed by atoms with Gasteiger partial charge in [-0.3, -0.25) is 19.2 Å². The van der Waals surface area contributed by atoms with E-state index in [1.165, 1.54) is 19.1 Å². The van der Waals surface area contributed by atoms with Gasteiger partial charge in [-0.15, -0.1) is 0 Å². The third-order valence-corrected chi connectivity index (χ3v) is 5.33. The third-order valence-electron chi connectivity index (χ3n) is 5.33. The van der Waals surface area contributed by atoms with Crippen molar-refractivity contribution in [2.24, 2.45) is 5.92 Å². The Hall–Kier alpha value is -4.05. The fourth-order valence-corrected chi connectivity index (χ4v) is 3.58. The van der Waals surface area contributed by atoms with Crippen LogP contribution in [0.25, 0.3) is 0 Å². The van der Waals surface area contributed by atoms with Gasteiger partial charge in [0.15, 0.2) is 0 Å². The number of esters is 1. The van der Waals surface area contributed by atoms with Gasteiger partial charge in [-0.2, -0.15) is 0 Å². The zero-order valence-corrected chi connectivity index (χ0v) is 18.0. The van der Waals surface area contributed by atoms with Crippen LogP contribution in [-0.2, 0) is 14.3 Å². The third kappa shape index (κ3) is 5.07. The van der Waals surface area contributed by atoms with E-state index in [-0.39, 0.29) is 23.1 Å². The van der Waals surface area contributed by atoms with Gasteiger partial charge in [0.2, 0.25) is 0 Å². The van der Waals surface area contributed by atoms with Crippen LogP contribution in [0.15, 0.2) is 54.6 Å². The number of fused-ring (bicyclic) bond motifs is 1. The van der Waals surface area contributed by atoms with E-state index in [4.69, 9.17) is 4.74 Å². The van der Waals surface area contributed by atoms with Gasteiger partial charge in [-0.1, -0.05) is 37.3 Å². The Bertz CT molecular complexity index is 1050. The number of nitrogens with zero attached hydrogens (tertiary/aromatic N) is 1. The highest BCUT2D eigenvalue weighted by Crippen LogP contribution is 2.22. The van der Waals surface area contributed by atoms with Crippen molar-refractivity contribution in [3.8, 4) is 0 Å². The second-order valence-electron chi connectivity index (χ2n) is 7.56. The van der Waals surface area contributed by atoms with Gasteiger partial charge in [0, 0.05) is 5.56 Å². The molecule has 1 aliphatic rings. The molecule has 3 N–H and O–H groups in total. The number of hydrazine groups is 1. The molecule has 0 saturated carbocycles. The number of benzene rings is 2. The number of amides is 3. The van der Waals surface area contributed by atoms with Crippen LogP contribution in [0.4, 0.5) is 0 Å². The number of hydrogen-bond donors (Lipinski definition) is 3. The lowest BCUT2D eigenvalue weighted by Crippen LogP contribution is -2.54. The van der Waals surface area contributed by atoms with E-state index in [0.717, 1.165) is 12.1 Å². The van der Waals surface area contributed by atoms with E-state index >= 15 is 0 Å². The normalized spacial score (nSPS) is 15.4. The Morgan fingerprint density at radius 1 is 0.970 bits per heavy atom. The second-order valence-corrected chi connectivity index (χ2v) is 7.56. The summed E-state index contributed by atoms with van der Waals surface area (Å²) in [6.07, 6.45) is -0.147. The maximum Gasteiger partial charge on any atom is 0.326 e. The first kappa shape index (κ1) is 23.6. The van der Waals surface area contributed by atoms with E-state index in [2.05, 4.69) is 10.7 Å². The molecule has 0 spiro atoms. The summed E-state index contributed by atoms with van der Waals surface area (Å²) in [5.41, 5.74) is 3.23. The summed E-state index contributed by atoms with van der Waals surface area (Å²) in [4.78, 5) is 61.9. The SMILES string of the molecule is COC(=O)C(CC(C)C(NC(=O)c1ccccc1)C(=O)O)NN1C(=O)c2ccccc2C1=O. The van der Waals surface area contributed by atoms with Gasteiger partial charge in [0.05, 0.1) is 18.2 Å². The average molecular weight is 453 g/mol. The van der Waals surface area contributed by atoms with Crippen LogP contribution in [-0.4, -0.2) is 59.0 Å². The summed E-state index contributed by atoms with van der Waals surface area (Å²) in [6.45, 7) is 1.53. The van der Waals surface area contributed by atoms with Gasteiger partial charge in [0.25, 0.3) is 17.7 Å². The molecule has 1 aliphatic heterocycles. The molecule has 3 atom stereocenters. The molecule has 2 aromatic carbocycles. The van der Waals surface area contributed by atoms with Crippen LogP contribution in [0.2, 0.25) is 0 Å². The molecule has 0 fully saturated rings. The lowest BCUT2D eigenvalue weighted by atomic mass is 9.93. The number of carbonyl (C=O) groups excluding carboxylic acids is 4. The molecule has 172 valence electrons. The fourth-order valence-electron chi connectivity index (χ4n) is 3.58. The Labute approximate surface area is 189 Å². The Morgan fingerprint density at radius 3 is 2.03 bits per heavy atom. The lowest BCUT2D eigenvalue weighted by Gasteiger charge is -2.27. The van der Waals surface area contributed by atoms with Crippen molar-refractivity contribution in [3.05, 3.63) is 71.3 Å². The number of carbonyl (C=O) groups is 5. The van der Waals surface area contributed by atoms with Crippen molar-refractivity contribution >= 4 is 29.7 Å². The Kier molecular flexibility index (Phi) is 7.19. The number of aliphatic carboxylic acids is 1. The first-order valence-corrected chi connectivity index (χ1v) is 10.1. The minimum absolute atomic E-state index is 0.147. The molecule has 0 saturated heterocycles. The predicted octanol–water partition coefficient (Wildman–Crippen LogP) is 1.24. The van der Waals surface area contributed by atoms with E-state index in [0.29, 0.717) is 0 Å². The minimum atomic E-state index is -1.34. The zero-order valence-electron chi connectivity index (χ0n) is 18.0. The number of carboxylic acids is 1. The molecule has 3 rings (SSSR count). The number of imide groups is 1. The largest absolute Gasteiger partial charge is 0.480 e. The molecule has 10 heteroatoms. The van der Waals surface area contributed by atoms with Crippen LogP contribution in [0.1, 0.15) is 44.4 Å². The number of ether oxygens (including phenoxy) is 1. The molecular weight excluding hydrogens is 430 g/mol. The van der Waals surface area contributed by atoms with E-state index in [9.17, 15) is 29.1 Å². The first-order chi connectivity index (χ1) is 15.7. The number of hydrogen-bond acceptors (Lipinski definition) is 7. The van der Waals surface area contributed by atoms with E-state index < -0.39 is 47.7 Å². The van der Waals surface area contributed by atoms with Gasteiger partial charge >= 0.3 is 11.9 Å². The van der Waals surface area contributed by atoms with Gasteiger partial charge < -0.3 is 15.2 Å². The monoisotopic (exact) mass is 453 g/mol. The molecule has 0 aromatic heterocycles. The first-order valence-electron chi connectivity index (χ1n) is 10.1. The van der Waals surface area contributed by atoms with Gasteiger partial charge in [-0.05, 0) is 36.6 Å². The maximum absolute atomic E-state index is 12.6. The predicted molar refractivity (Wildman–Crippen MR) is 115 cm³/mol. The second kappa shape index (κ2) is 10.0. The highest BCUT2D eigenvalue weighted by atomic mass is 16.5. The molecule has 3 unspecified atom stereocenters. The standard InChI is InChI=1S/C23H23N3O7/c1-13(18(22(30)31)24-19(27)14-8-4-3-5-9-14)12-17(23(32)33-2)25-26-20(28)15-10-6-7-11-16(15)21(26)29/h3-11,13,17-18,25H,12H2,1-2H3,(H,24,27)(H,30,31). The van der Waals surface area contributed by atoms with E-state index in [1.807, 2.05) is 0 Å². The van der Waals surface area contributed by atoms with Gasteiger partial charge in [-0.25, -0.2) is 15.2 Å². The highest BCUT2D eigenvalue weighted by molar-refractivity contribution is 6.21. The van der Waals surface area contributed by atoms with Crippen molar-refractivity contribution < 1.29 is 33.8 Å². The van der Waals surface area contributed by atoms with Crippen molar-refractivity contribution in [3.63, 3.8) is 0 Å². The Balaban J connectivity index is 1.75. The fraction of sp³-hybridized carbons (Fsp3) is 0.261. The quantitative estimate of drug-likeness (QED) is 0.380. The molecular formula is C23H23N3O7. The van der Waals surface area contributed by atoms with E-state index in [1.54, 1.807) is 42.5 Å². The number of methoxy groups -OCH3 is 1. The van der Waals surface area contributed by atoms with Crippen molar-refractivity contribution in [2.75, 3.05) is 7.11 Å². The molecule has 2 aromatic rings. The molecule has 33 heavy (non-hydrogen) atoms. The average Bonchev–Trinajstić information content (AvgIpc) is 3.06. The van der Waals surface area contributed by atoms with Crippen LogP contribution >= 0.6 is 0 Å². The summed E-state index contributed by atoms with van der Waals surface area (Å²) in [6, 6.07) is 11.7.